The molecule has 1 aliphatic heterocycles. The molecule has 2 aliphatic rings. The molecule has 2 aromatic heterocycles. The molecule has 0 spiro atoms. The summed E-state index contributed by atoms with van der Waals surface area (Å²) in [4.78, 5) is 41.0. The lowest BCUT2D eigenvalue weighted by Gasteiger charge is -2.22. The molecule has 9 heteroatoms. The number of anilines is 1. The Morgan fingerprint density at radius 1 is 1.31 bits per heavy atom. The Balaban J connectivity index is 1.40. The van der Waals surface area contributed by atoms with Crippen LogP contribution in [0.5, 0.6) is 0 Å². The first-order valence-corrected chi connectivity index (χ1v) is 11.8. The molecule has 1 fully saturated rings. The summed E-state index contributed by atoms with van der Waals surface area (Å²) in [6.07, 6.45) is 5.87. The van der Waals surface area contributed by atoms with Crippen molar-refractivity contribution in [3.05, 3.63) is 40.2 Å². The second-order valence-electron chi connectivity index (χ2n) is 8.52. The molecule has 2 amide bonds. The number of rotatable bonds is 7. The van der Waals surface area contributed by atoms with Gasteiger partial charge < -0.3 is 19.8 Å². The Morgan fingerprint density at radius 3 is 2.91 bits per heavy atom. The Bertz CT molecular complexity index is 984. The molecule has 0 aromatic carbocycles. The average Bonchev–Trinajstić information content (AvgIpc) is 3.51. The van der Waals surface area contributed by atoms with E-state index in [0.29, 0.717) is 41.8 Å². The van der Waals surface area contributed by atoms with E-state index >= 15 is 0 Å². The van der Waals surface area contributed by atoms with Crippen LogP contribution in [0, 0.1) is 5.92 Å². The lowest BCUT2D eigenvalue weighted by Crippen LogP contribution is -2.45. The first-order chi connectivity index (χ1) is 15.5. The van der Waals surface area contributed by atoms with E-state index in [-0.39, 0.29) is 24.4 Å². The summed E-state index contributed by atoms with van der Waals surface area (Å²) in [6, 6.07) is 3.23. The molecule has 32 heavy (non-hydrogen) atoms. The summed E-state index contributed by atoms with van der Waals surface area (Å²) in [5, 5.41) is 6.37. The Labute approximate surface area is 191 Å². The van der Waals surface area contributed by atoms with Crippen LogP contribution in [-0.2, 0) is 33.7 Å². The van der Waals surface area contributed by atoms with E-state index in [9.17, 15) is 14.4 Å². The van der Waals surface area contributed by atoms with Gasteiger partial charge >= 0.3 is 5.97 Å². The van der Waals surface area contributed by atoms with E-state index in [0.717, 1.165) is 36.1 Å². The van der Waals surface area contributed by atoms with Crippen molar-refractivity contribution in [2.24, 2.45) is 5.92 Å². The molecule has 0 saturated carbocycles. The van der Waals surface area contributed by atoms with E-state index in [1.165, 1.54) is 18.4 Å². The van der Waals surface area contributed by atoms with Gasteiger partial charge in [0, 0.05) is 4.88 Å². The number of amides is 2. The van der Waals surface area contributed by atoms with Crippen LogP contribution in [0.25, 0.3) is 0 Å². The second-order valence-corrected chi connectivity index (χ2v) is 9.63. The minimum atomic E-state index is -0.413. The Kier molecular flexibility index (Phi) is 6.95. The fourth-order valence-corrected chi connectivity index (χ4v) is 5.94. The molecule has 0 radical (unpaired) electrons. The molecule has 1 saturated heterocycles. The van der Waals surface area contributed by atoms with Gasteiger partial charge in [0.05, 0.1) is 38.1 Å². The summed E-state index contributed by atoms with van der Waals surface area (Å²) in [7, 11) is 1.36. The highest BCUT2D eigenvalue weighted by Gasteiger charge is 2.33. The minimum Gasteiger partial charge on any atom is -0.467 e. The number of hydrogen-bond donors (Lipinski definition) is 2. The highest BCUT2D eigenvalue weighted by atomic mass is 32.1. The van der Waals surface area contributed by atoms with Gasteiger partial charge in [-0.1, -0.05) is 6.92 Å². The molecular weight excluding hydrogens is 430 g/mol. The number of nitrogens with zero attached hydrogens (tertiary/aromatic N) is 1. The Hall–Kier alpha value is -2.65. The van der Waals surface area contributed by atoms with Crippen molar-refractivity contribution in [2.75, 3.05) is 25.5 Å². The third-order valence-corrected chi connectivity index (χ3v) is 7.35. The van der Waals surface area contributed by atoms with Crippen molar-refractivity contribution < 1.29 is 23.5 Å². The number of nitrogens with one attached hydrogen (secondary N) is 2. The molecule has 0 bridgehead atoms. The zero-order valence-corrected chi connectivity index (χ0v) is 19.3. The van der Waals surface area contributed by atoms with Gasteiger partial charge in [0.15, 0.2) is 0 Å². The molecule has 2 aromatic rings. The number of methoxy groups -OCH3 is 1. The van der Waals surface area contributed by atoms with E-state index < -0.39 is 5.97 Å². The predicted octanol–water partition coefficient (Wildman–Crippen LogP) is 2.97. The summed E-state index contributed by atoms with van der Waals surface area (Å²) in [5.74, 6) is 0.492. The predicted molar refractivity (Wildman–Crippen MR) is 121 cm³/mol. The topological polar surface area (TPSA) is 101 Å². The van der Waals surface area contributed by atoms with Crippen molar-refractivity contribution >= 4 is 34.1 Å². The quantitative estimate of drug-likeness (QED) is 0.618. The summed E-state index contributed by atoms with van der Waals surface area (Å²) >= 11 is 1.47. The lowest BCUT2D eigenvalue weighted by molar-refractivity contribution is -0.126. The zero-order valence-electron chi connectivity index (χ0n) is 18.4. The number of hydrogen-bond acceptors (Lipinski definition) is 7. The number of furan rings is 1. The van der Waals surface area contributed by atoms with Gasteiger partial charge in [-0.2, -0.15) is 0 Å². The maximum Gasteiger partial charge on any atom is 0.341 e. The van der Waals surface area contributed by atoms with Crippen molar-refractivity contribution in [2.45, 2.75) is 51.6 Å². The van der Waals surface area contributed by atoms with Crippen LogP contribution >= 0.6 is 11.3 Å². The number of ether oxygens (including phenoxy) is 1. The standard InChI is InChI=1S/C23H29N3O5S/c1-14-7-8-16-18(11-14)32-22(20(16)23(29)30-2)25-19(27)13-26-9-3-6-17(26)21(28)24-12-15-5-4-10-31-15/h4-5,10,14,17H,3,6-9,11-13H2,1-2H3,(H,24,28)(H,25,27)/t14-,17-/m0/s1. The Morgan fingerprint density at radius 2 is 2.16 bits per heavy atom. The van der Waals surface area contributed by atoms with E-state index in [1.54, 1.807) is 18.4 Å². The molecule has 172 valence electrons. The van der Waals surface area contributed by atoms with Crippen molar-refractivity contribution in [1.82, 2.24) is 10.2 Å². The van der Waals surface area contributed by atoms with Crippen molar-refractivity contribution in [3.63, 3.8) is 0 Å². The molecule has 2 atom stereocenters. The fraction of sp³-hybridized carbons (Fsp3) is 0.522. The van der Waals surface area contributed by atoms with Crippen LogP contribution in [0.1, 0.15) is 52.7 Å². The van der Waals surface area contributed by atoms with Crippen LogP contribution in [0.2, 0.25) is 0 Å². The molecule has 0 unspecified atom stereocenters. The number of thiophene rings is 1. The summed E-state index contributed by atoms with van der Waals surface area (Å²) in [5.41, 5.74) is 1.49. The molecular formula is C23H29N3O5S. The number of carbonyl (C=O) groups excluding carboxylic acids is 3. The first kappa shape index (κ1) is 22.5. The van der Waals surface area contributed by atoms with Crippen LogP contribution in [-0.4, -0.2) is 48.9 Å². The SMILES string of the molecule is COC(=O)c1c(NC(=O)CN2CCC[C@H]2C(=O)NCc2ccco2)sc2c1CC[C@H](C)C2. The number of fused-ring (bicyclic) bond motifs is 1. The average molecular weight is 460 g/mol. The van der Waals surface area contributed by atoms with Gasteiger partial charge in [-0.25, -0.2) is 4.79 Å². The smallest absolute Gasteiger partial charge is 0.341 e. The maximum atomic E-state index is 12.9. The van der Waals surface area contributed by atoms with Gasteiger partial charge in [0.1, 0.15) is 10.8 Å². The van der Waals surface area contributed by atoms with Crippen LogP contribution < -0.4 is 10.6 Å². The van der Waals surface area contributed by atoms with Crippen LogP contribution in [0.15, 0.2) is 22.8 Å². The van der Waals surface area contributed by atoms with Gasteiger partial charge in [-0.05, 0) is 62.3 Å². The van der Waals surface area contributed by atoms with Crippen molar-refractivity contribution in [3.8, 4) is 0 Å². The molecule has 2 N–H and O–H groups in total. The highest BCUT2D eigenvalue weighted by Crippen LogP contribution is 2.40. The normalized spacial score (nSPS) is 20.6. The molecule has 8 nitrogen and oxygen atoms in total. The lowest BCUT2D eigenvalue weighted by atomic mass is 9.88. The number of likely N-dealkylation sites (tertiary alicyclic amines) is 1. The molecule has 4 rings (SSSR count). The zero-order chi connectivity index (χ0) is 22.7. The van der Waals surface area contributed by atoms with Gasteiger partial charge in [-0.3, -0.25) is 14.5 Å². The third kappa shape index (κ3) is 4.88. The van der Waals surface area contributed by atoms with Gasteiger partial charge in [0.2, 0.25) is 11.8 Å². The van der Waals surface area contributed by atoms with Crippen LogP contribution in [0.3, 0.4) is 0 Å². The van der Waals surface area contributed by atoms with E-state index in [1.807, 2.05) is 4.90 Å². The first-order valence-electron chi connectivity index (χ1n) is 11.0. The molecule has 1 aliphatic carbocycles. The van der Waals surface area contributed by atoms with Crippen molar-refractivity contribution in [1.29, 1.82) is 0 Å². The largest absolute Gasteiger partial charge is 0.467 e. The van der Waals surface area contributed by atoms with E-state index in [2.05, 4.69) is 17.6 Å². The number of carbonyl (C=O) groups is 3. The van der Waals surface area contributed by atoms with Gasteiger partial charge in [-0.15, -0.1) is 11.3 Å². The van der Waals surface area contributed by atoms with Crippen LogP contribution in [0.4, 0.5) is 5.00 Å². The molecule has 3 heterocycles. The van der Waals surface area contributed by atoms with E-state index in [4.69, 9.17) is 9.15 Å². The fourth-order valence-electron chi connectivity index (χ4n) is 4.52. The minimum absolute atomic E-state index is 0.0957. The number of esters is 1. The second kappa shape index (κ2) is 9.87. The third-order valence-electron chi connectivity index (χ3n) is 6.18. The monoisotopic (exact) mass is 459 g/mol. The summed E-state index contributed by atoms with van der Waals surface area (Å²) < 4.78 is 10.3. The van der Waals surface area contributed by atoms with Gasteiger partial charge in [0.25, 0.3) is 0 Å². The highest BCUT2D eigenvalue weighted by molar-refractivity contribution is 7.17. The summed E-state index contributed by atoms with van der Waals surface area (Å²) in [6.45, 7) is 3.29. The maximum absolute atomic E-state index is 12.9.